The third kappa shape index (κ3) is 6.97. The zero-order chi connectivity index (χ0) is 20.1. The van der Waals surface area contributed by atoms with E-state index in [-0.39, 0.29) is 23.9 Å². The zero-order valence-electron chi connectivity index (χ0n) is 17.6. The molecule has 2 aromatic rings. The van der Waals surface area contributed by atoms with E-state index >= 15 is 0 Å². The first-order valence-electron chi connectivity index (χ1n) is 9.86. The van der Waals surface area contributed by atoms with Crippen LogP contribution in [0.15, 0.2) is 18.2 Å². The highest BCUT2D eigenvalue weighted by molar-refractivity contribution is 5.89. The lowest BCUT2D eigenvalue weighted by atomic mass is 9.98. The van der Waals surface area contributed by atoms with Gasteiger partial charge in [-0.15, -0.1) is 12.4 Å². The smallest absolute Gasteiger partial charge is 0.227 e. The number of carbonyl (C=O) groups is 1. The van der Waals surface area contributed by atoms with Gasteiger partial charge in [-0.1, -0.05) is 6.07 Å². The predicted molar refractivity (Wildman–Crippen MR) is 115 cm³/mol. The Morgan fingerprint density at radius 2 is 2.00 bits per heavy atom. The summed E-state index contributed by atoms with van der Waals surface area (Å²) in [5, 5.41) is 10.7. The van der Waals surface area contributed by atoms with Crippen LogP contribution in [0.1, 0.15) is 57.5 Å². The molecule has 9 heteroatoms. The lowest BCUT2D eigenvalue weighted by molar-refractivity contribution is -0.116. The number of amides is 1. The van der Waals surface area contributed by atoms with Crippen molar-refractivity contribution in [1.82, 2.24) is 25.1 Å². The minimum Gasteiger partial charge on any atom is -0.472 e. The van der Waals surface area contributed by atoms with Crippen molar-refractivity contribution in [2.24, 2.45) is 7.05 Å². The van der Waals surface area contributed by atoms with Crippen molar-refractivity contribution >= 4 is 24.3 Å². The Hall–Kier alpha value is -2.19. The Morgan fingerprint density at radius 3 is 2.69 bits per heavy atom. The molecule has 0 atom stereocenters. The number of pyridine rings is 1. The van der Waals surface area contributed by atoms with Crippen LogP contribution in [0.5, 0.6) is 5.88 Å². The van der Waals surface area contributed by atoms with Crippen LogP contribution in [0.2, 0.25) is 0 Å². The van der Waals surface area contributed by atoms with Crippen molar-refractivity contribution in [3.05, 3.63) is 29.7 Å². The number of halogens is 1. The molecule has 29 heavy (non-hydrogen) atoms. The third-order valence-electron chi connectivity index (χ3n) is 4.54. The van der Waals surface area contributed by atoms with E-state index in [2.05, 4.69) is 25.7 Å². The highest BCUT2D eigenvalue weighted by atomic mass is 35.5. The molecule has 0 spiro atoms. The summed E-state index contributed by atoms with van der Waals surface area (Å²) in [7, 11) is 1.81. The van der Waals surface area contributed by atoms with E-state index in [1.54, 1.807) is 4.68 Å². The Morgan fingerprint density at radius 1 is 1.28 bits per heavy atom. The van der Waals surface area contributed by atoms with Crippen LogP contribution in [0.4, 0.5) is 5.95 Å². The molecular weight excluding hydrogens is 392 g/mol. The van der Waals surface area contributed by atoms with Crippen LogP contribution < -0.4 is 15.4 Å². The monoisotopic (exact) mass is 422 g/mol. The number of piperidine rings is 1. The van der Waals surface area contributed by atoms with Gasteiger partial charge in [-0.2, -0.15) is 10.1 Å². The maximum absolute atomic E-state index is 12.4. The van der Waals surface area contributed by atoms with Crippen molar-refractivity contribution in [3.63, 3.8) is 0 Å². The van der Waals surface area contributed by atoms with E-state index in [1.165, 1.54) is 0 Å². The van der Waals surface area contributed by atoms with Gasteiger partial charge in [0.15, 0.2) is 5.82 Å². The molecule has 1 saturated heterocycles. The molecule has 2 N–H and O–H groups in total. The molecule has 1 fully saturated rings. The van der Waals surface area contributed by atoms with Gasteiger partial charge in [-0.05, 0) is 59.2 Å². The fraction of sp³-hybridized carbons (Fsp3) is 0.600. The van der Waals surface area contributed by atoms with E-state index in [1.807, 2.05) is 46.0 Å². The molecule has 0 aliphatic carbocycles. The van der Waals surface area contributed by atoms with Gasteiger partial charge >= 0.3 is 0 Å². The number of hydrogen-bond acceptors (Lipinski definition) is 6. The van der Waals surface area contributed by atoms with Crippen LogP contribution in [-0.4, -0.2) is 44.3 Å². The second-order valence-corrected chi connectivity index (χ2v) is 8.17. The molecule has 3 rings (SSSR count). The van der Waals surface area contributed by atoms with Crippen molar-refractivity contribution in [2.75, 3.05) is 18.4 Å². The van der Waals surface area contributed by atoms with Gasteiger partial charge in [0.05, 0.1) is 0 Å². The number of aryl methyl sites for hydroxylation is 2. The van der Waals surface area contributed by atoms with E-state index in [0.29, 0.717) is 30.6 Å². The van der Waals surface area contributed by atoms with Crippen LogP contribution in [-0.2, 0) is 18.3 Å². The maximum atomic E-state index is 12.4. The van der Waals surface area contributed by atoms with E-state index in [0.717, 1.165) is 37.4 Å². The van der Waals surface area contributed by atoms with Gasteiger partial charge < -0.3 is 10.1 Å². The fourth-order valence-electron chi connectivity index (χ4n) is 3.16. The minimum absolute atomic E-state index is 0. The first-order valence-corrected chi connectivity index (χ1v) is 9.86. The number of anilines is 1. The van der Waals surface area contributed by atoms with E-state index in [4.69, 9.17) is 4.74 Å². The minimum atomic E-state index is -0.305. The summed E-state index contributed by atoms with van der Waals surface area (Å²) in [6, 6.07) is 5.63. The summed E-state index contributed by atoms with van der Waals surface area (Å²) < 4.78 is 7.43. The molecule has 8 nitrogen and oxygen atoms in total. The summed E-state index contributed by atoms with van der Waals surface area (Å²) in [6.45, 7) is 7.90. The third-order valence-corrected chi connectivity index (χ3v) is 4.54. The molecule has 1 aliphatic rings. The lowest BCUT2D eigenvalue weighted by Crippen LogP contribution is -2.27. The van der Waals surface area contributed by atoms with Crippen molar-refractivity contribution < 1.29 is 9.53 Å². The highest BCUT2D eigenvalue weighted by Crippen LogP contribution is 2.23. The summed E-state index contributed by atoms with van der Waals surface area (Å²) in [5.74, 6) is 2.14. The molecule has 0 saturated carbocycles. The first kappa shape index (κ1) is 23.1. The summed E-state index contributed by atoms with van der Waals surface area (Å²) >= 11 is 0. The van der Waals surface area contributed by atoms with Crippen molar-refractivity contribution in [3.8, 4) is 5.88 Å². The Labute approximate surface area is 178 Å². The quantitative estimate of drug-likeness (QED) is 0.743. The molecular formula is C20H31ClN6O2. The fourth-order valence-corrected chi connectivity index (χ4v) is 3.16. The first-order chi connectivity index (χ1) is 13.3. The largest absolute Gasteiger partial charge is 0.472 e. The molecule has 1 amide bonds. The molecule has 1 aliphatic heterocycles. The van der Waals surface area contributed by atoms with Gasteiger partial charge in [0.1, 0.15) is 5.60 Å². The van der Waals surface area contributed by atoms with Gasteiger partial charge in [-0.25, -0.2) is 9.67 Å². The zero-order valence-corrected chi connectivity index (χ0v) is 18.4. The summed E-state index contributed by atoms with van der Waals surface area (Å²) in [6.07, 6.45) is 2.90. The number of nitrogens with one attached hydrogen (secondary N) is 2. The number of aromatic nitrogens is 4. The van der Waals surface area contributed by atoms with Crippen molar-refractivity contribution in [1.29, 1.82) is 0 Å². The van der Waals surface area contributed by atoms with Crippen LogP contribution in [0, 0.1) is 0 Å². The molecule has 160 valence electrons. The summed E-state index contributed by atoms with van der Waals surface area (Å²) in [4.78, 5) is 21.4. The number of carbonyl (C=O) groups excluding carboxylic acids is 1. The second-order valence-electron chi connectivity index (χ2n) is 8.17. The average molecular weight is 423 g/mol. The summed E-state index contributed by atoms with van der Waals surface area (Å²) in [5.41, 5.74) is 0.519. The van der Waals surface area contributed by atoms with E-state index < -0.39 is 0 Å². The Balaban J connectivity index is 0.00000300. The van der Waals surface area contributed by atoms with E-state index in [9.17, 15) is 4.79 Å². The average Bonchev–Trinajstić information content (AvgIpc) is 3.00. The topological polar surface area (TPSA) is 94.0 Å². The van der Waals surface area contributed by atoms with Gasteiger partial charge in [0, 0.05) is 31.1 Å². The number of hydrogen-bond donors (Lipinski definition) is 2. The lowest BCUT2D eigenvalue weighted by Gasteiger charge is -2.20. The molecule has 0 unspecified atom stereocenters. The number of rotatable bonds is 6. The number of ether oxygens (including phenoxy) is 1. The van der Waals surface area contributed by atoms with Gasteiger partial charge in [-0.3, -0.25) is 10.1 Å². The predicted octanol–water partition coefficient (Wildman–Crippen LogP) is 2.85. The van der Waals surface area contributed by atoms with Crippen LogP contribution in [0.3, 0.4) is 0 Å². The highest BCUT2D eigenvalue weighted by Gasteiger charge is 2.21. The number of nitrogens with zero attached hydrogens (tertiary/aromatic N) is 4. The van der Waals surface area contributed by atoms with Crippen molar-refractivity contribution in [2.45, 2.75) is 58.0 Å². The molecule has 0 bridgehead atoms. The van der Waals surface area contributed by atoms with Crippen LogP contribution in [0.25, 0.3) is 0 Å². The van der Waals surface area contributed by atoms with Crippen LogP contribution >= 0.6 is 12.4 Å². The Kier molecular flexibility index (Phi) is 7.98. The molecule has 0 radical (unpaired) electrons. The molecule has 2 aromatic heterocycles. The SMILES string of the molecule is Cl.Cn1nc(C2CCNCC2)nc1NC(=O)CCc1cccc(OC(C)(C)C)n1. The van der Waals surface area contributed by atoms with Gasteiger partial charge in [0.25, 0.3) is 0 Å². The molecule has 3 heterocycles. The standard InChI is InChI=1S/C20H30N6O2.ClH/c1-20(2,3)28-17-7-5-6-15(22-17)8-9-16(27)23-19-24-18(25-26(19)4)14-10-12-21-13-11-14;/h5-7,14,21H,8-13H2,1-4H3,(H,23,24,25,27);1H. The maximum Gasteiger partial charge on any atom is 0.227 e. The second kappa shape index (κ2) is 10.0. The van der Waals surface area contributed by atoms with Gasteiger partial charge in [0.2, 0.25) is 17.7 Å². The Bertz CT molecular complexity index is 812. The normalized spacial score (nSPS) is 14.9. The molecule has 0 aromatic carbocycles.